The topological polar surface area (TPSA) is 0 Å². The van der Waals surface area contributed by atoms with Gasteiger partial charge in [0.15, 0.2) is 0 Å². The van der Waals surface area contributed by atoms with E-state index in [1.165, 1.54) is 29.3 Å². The lowest BCUT2D eigenvalue weighted by atomic mass is 9.80. The van der Waals surface area contributed by atoms with Crippen LogP contribution in [0.25, 0.3) is 0 Å². The summed E-state index contributed by atoms with van der Waals surface area (Å²) >= 11 is 3.49. The number of rotatable bonds is 1. The van der Waals surface area contributed by atoms with E-state index >= 15 is 0 Å². The number of fused-ring (bicyclic) bond motifs is 2. The number of hydrogen-bond donors (Lipinski definition) is 0. The molecule has 0 aliphatic heterocycles. The average molecular weight is 249 g/mol. The summed E-state index contributed by atoms with van der Waals surface area (Å²) in [6, 6.07) is 8.84. The molecule has 0 nitrogen and oxygen atoms in total. The average Bonchev–Trinajstić information content (AvgIpc) is 2.79. The zero-order chi connectivity index (χ0) is 9.60. The van der Waals surface area contributed by atoms with Gasteiger partial charge in [-0.1, -0.05) is 40.2 Å². The van der Waals surface area contributed by atoms with E-state index in [0.29, 0.717) is 5.41 Å². The molecular weight excluding hydrogens is 236 g/mol. The zero-order valence-corrected chi connectivity index (χ0v) is 9.63. The zero-order valence-electron chi connectivity index (χ0n) is 8.04. The Bertz CT molecular complexity index is 377. The fourth-order valence-electron chi connectivity index (χ4n) is 2.89. The van der Waals surface area contributed by atoms with Crippen LogP contribution in [-0.2, 0) is 5.41 Å². The molecule has 0 radical (unpaired) electrons. The summed E-state index contributed by atoms with van der Waals surface area (Å²) in [6.07, 6.45) is 8.91. The first-order valence-electron chi connectivity index (χ1n) is 5.24. The predicted molar refractivity (Wildman–Crippen MR) is 62.3 cm³/mol. The van der Waals surface area contributed by atoms with Crippen molar-refractivity contribution in [3.05, 3.63) is 46.5 Å². The summed E-state index contributed by atoms with van der Waals surface area (Å²) < 4.78 is 1.18. The highest BCUT2D eigenvalue weighted by Gasteiger charge is 2.41. The molecule has 0 saturated heterocycles. The number of halogens is 1. The van der Waals surface area contributed by atoms with E-state index in [9.17, 15) is 0 Å². The summed E-state index contributed by atoms with van der Waals surface area (Å²) in [5, 5.41) is 0. The lowest BCUT2D eigenvalue weighted by Gasteiger charge is -2.24. The van der Waals surface area contributed by atoms with E-state index in [4.69, 9.17) is 0 Å². The summed E-state index contributed by atoms with van der Waals surface area (Å²) in [4.78, 5) is 0. The molecule has 1 aromatic rings. The quantitative estimate of drug-likeness (QED) is 0.658. The Morgan fingerprint density at radius 1 is 1.21 bits per heavy atom. The Labute approximate surface area is 93.2 Å². The first kappa shape index (κ1) is 8.72. The molecule has 2 bridgehead atoms. The van der Waals surface area contributed by atoms with Gasteiger partial charge in [0.05, 0.1) is 0 Å². The SMILES string of the molecule is Brc1ccc(C23C=CC(CC2)C3)cc1. The fourth-order valence-corrected chi connectivity index (χ4v) is 3.16. The van der Waals surface area contributed by atoms with Gasteiger partial charge in [-0.05, 0) is 42.9 Å². The third-order valence-corrected chi connectivity index (χ3v) is 4.22. The van der Waals surface area contributed by atoms with Gasteiger partial charge in [0.2, 0.25) is 0 Å². The molecule has 0 N–H and O–H groups in total. The van der Waals surface area contributed by atoms with Crippen molar-refractivity contribution in [2.75, 3.05) is 0 Å². The Morgan fingerprint density at radius 2 is 2.00 bits per heavy atom. The first-order valence-corrected chi connectivity index (χ1v) is 6.03. The normalized spacial score (nSPS) is 33.9. The van der Waals surface area contributed by atoms with Crippen molar-refractivity contribution in [3.63, 3.8) is 0 Å². The van der Waals surface area contributed by atoms with Gasteiger partial charge in [-0.15, -0.1) is 0 Å². The second-order valence-corrected chi connectivity index (χ2v) is 5.44. The monoisotopic (exact) mass is 248 g/mol. The second kappa shape index (κ2) is 2.96. The summed E-state index contributed by atoms with van der Waals surface area (Å²) in [6.45, 7) is 0. The van der Waals surface area contributed by atoms with Gasteiger partial charge in [-0.2, -0.15) is 0 Å². The van der Waals surface area contributed by atoms with Crippen molar-refractivity contribution < 1.29 is 0 Å². The molecule has 1 heteroatoms. The van der Waals surface area contributed by atoms with E-state index in [2.05, 4.69) is 52.3 Å². The van der Waals surface area contributed by atoms with E-state index in [-0.39, 0.29) is 0 Å². The molecule has 2 unspecified atom stereocenters. The lowest BCUT2D eigenvalue weighted by molar-refractivity contribution is 0.567. The minimum atomic E-state index is 0.394. The van der Waals surface area contributed by atoms with Crippen molar-refractivity contribution >= 4 is 15.9 Å². The number of benzene rings is 1. The lowest BCUT2D eigenvalue weighted by Crippen LogP contribution is -2.16. The molecule has 0 heterocycles. The maximum atomic E-state index is 3.49. The van der Waals surface area contributed by atoms with Gasteiger partial charge in [-0.3, -0.25) is 0 Å². The molecule has 1 aromatic carbocycles. The number of allylic oxidation sites excluding steroid dienone is 2. The minimum Gasteiger partial charge on any atom is -0.0845 e. The molecule has 2 aliphatic rings. The van der Waals surface area contributed by atoms with Crippen LogP contribution in [0.1, 0.15) is 24.8 Å². The second-order valence-electron chi connectivity index (χ2n) is 4.53. The third-order valence-electron chi connectivity index (χ3n) is 3.69. The molecule has 0 amide bonds. The Balaban J connectivity index is 2.02. The van der Waals surface area contributed by atoms with E-state index < -0.39 is 0 Å². The summed E-state index contributed by atoms with van der Waals surface area (Å²) in [5.74, 6) is 0.860. The standard InChI is InChI=1S/C13H13Br/c14-12-3-1-11(2-4-12)13-7-5-10(9-13)6-8-13/h1-5,7,10H,6,8-9H2. The van der Waals surface area contributed by atoms with Crippen LogP contribution >= 0.6 is 15.9 Å². The van der Waals surface area contributed by atoms with E-state index in [1.54, 1.807) is 0 Å². The highest BCUT2D eigenvalue weighted by atomic mass is 79.9. The van der Waals surface area contributed by atoms with Crippen LogP contribution in [0, 0.1) is 5.92 Å². The van der Waals surface area contributed by atoms with Crippen molar-refractivity contribution in [2.45, 2.75) is 24.7 Å². The van der Waals surface area contributed by atoms with Gasteiger partial charge in [0.1, 0.15) is 0 Å². The van der Waals surface area contributed by atoms with Crippen LogP contribution in [-0.4, -0.2) is 0 Å². The van der Waals surface area contributed by atoms with Crippen molar-refractivity contribution in [1.82, 2.24) is 0 Å². The van der Waals surface area contributed by atoms with Crippen molar-refractivity contribution in [1.29, 1.82) is 0 Å². The first-order chi connectivity index (χ1) is 6.78. The summed E-state index contributed by atoms with van der Waals surface area (Å²) in [7, 11) is 0. The minimum absolute atomic E-state index is 0.394. The van der Waals surface area contributed by atoms with Crippen LogP contribution in [0.2, 0.25) is 0 Å². The van der Waals surface area contributed by atoms with Gasteiger partial charge in [0, 0.05) is 9.89 Å². The molecule has 1 saturated carbocycles. The fraction of sp³-hybridized carbons (Fsp3) is 0.385. The van der Waals surface area contributed by atoms with Crippen LogP contribution in [0.15, 0.2) is 40.9 Å². The van der Waals surface area contributed by atoms with Gasteiger partial charge in [0.25, 0.3) is 0 Å². The Kier molecular flexibility index (Phi) is 1.85. The Hall–Kier alpha value is -0.560. The summed E-state index contributed by atoms with van der Waals surface area (Å²) in [5.41, 5.74) is 1.89. The molecular formula is C13H13Br. The van der Waals surface area contributed by atoms with Crippen LogP contribution in [0.5, 0.6) is 0 Å². The van der Waals surface area contributed by atoms with Crippen LogP contribution in [0.3, 0.4) is 0 Å². The highest BCUT2D eigenvalue weighted by molar-refractivity contribution is 9.10. The predicted octanol–water partition coefficient (Wildman–Crippen LogP) is 4.06. The van der Waals surface area contributed by atoms with Crippen molar-refractivity contribution in [2.24, 2.45) is 5.92 Å². The van der Waals surface area contributed by atoms with Crippen molar-refractivity contribution in [3.8, 4) is 0 Å². The van der Waals surface area contributed by atoms with Gasteiger partial charge < -0.3 is 0 Å². The smallest absolute Gasteiger partial charge is 0.0175 e. The van der Waals surface area contributed by atoms with Gasteiger partial charge >= 0.3 is 0 Å². The molecule has 0 aromatic heterocycles. The van der Waals surface area contributed by atoms with E-state index in [1.807, 2.05) is 0 Å². The Morgan fingerprint density at radius 3 is 2.50 bits per heavy atom. The maximum Gasteiger partial charge on any atom is 0.0175 e. The van der Waals surface area contributed by atoms with Crippen LogP contribution in [0.4, 0.5) is 0 Å². The molecule has 1 fully saturated rings. The largest absolute Gasteiger partial charge is 0.0845 e. The molecule has 2 aliphatic carbocycles. The number of hydrogen-bond acceptors (Lipinski definition) is 0. The van der Waals surface area contributed by atoms with Crippen LogP contribution < -0.4 is 0 Å². The molecule has 2 atom stereocenters. The molecule has 0 spiro atoms. The molecule has 14 heavy (non-hydrogen) atoms. The van der Waals surface area contributed by atoms with E-state index in [0.717, 1.165) is 5.92 Å². The maximum absolute atomic E-state index is 3.49. The highest BCUT2D eigenvalue weighted by Crippen LogP contribution is 2.50. The molecule has 72 valence electrons. The third kappa shape index (κ3) is 1.18. The molecule has 3 rings (SSSR count). The van der Waals surface area contributed by atoms with Gasteiger partial charge in [-0.25, -0.2) is 0 Å².